The maximum absolute atomic E-state index is 6.79. The summed E-state index contributed by atoms with van der Waals surface area (Å²) in [7, 11) is -1.67. The highest BCUT2D eigenvalue weighted by molar-refractivity contribution is 6.89. The van der Waals surface area contributed by atoms with Gasteiger partial charge in [0.25, 0.3) is 0 Å². The maximum atomic E-state index is 6.79. The van der Waals surface area contributed by atoms with Crippen LogP contribution in [0, 0.1) is 6.92 Å². The molecule has 0 fully saturated rings. The highest BCUT2D eigenvalue weighted by atomic mass is 28.3. The molecule has 2 aromatic heterocycles. The Morgan fingerprint density at radius 3 is 1.34 bits per heavy atom. The van der Waals surface area contributed by atoms with Crippen LogP contribution in [-0.2, 0) is 0 Å². The van der Waals surface area contributed by atoms with E-state index in [1.54, 1.807) is 0 Å². The Morgan fingerprint density at radius 1 is 0.373 bits per heavy atom. The number of rotatable bonds is 7. The molecule has 5 heteroatoms. The number of para-hydroxylation sites is 4. The first kappa shape index (κ1) is 35.1. The van der Waals surface area contributed by atoms with Crippen molar-refractivity contribution >= 4 is 113 Å². The van der Waals surface area contributed by atoms with E-state index >= 15 is 0 Å². The van der Waals surface area contributed by atoms with E-state index < -0.39 is 8.07 Å². The third-order valence-electron chi connectivity index (χ3n) is 11.8. The van der Waals surface area contributed by atoms with Crippen LogP contribution in [-0.4, -0.2) is 8.07 Å². The molecule has 4 nitrogen and oxygen atoms in total. The number of aryl methyl sites for hydroxylation is 1. The zero-order valence-electron chi connectivity index (χ0n) is 33.5. The van der Waals surface area contributed by atoms with E-state index in [1.807, 2.05) is 0 Å². The molecule has 0 radical (unpaired) electrons. The van der Waals surface area contributed by atoms with Gasteiger partial charge in [-0.2, -0.15) is 0 Å². The number of hydrogen-bond acceptors (Lipinski definition) is 4. The molecule has 2 heterocycles. The van der Waals surface area contributed by atoms with Gasteiger partial charge in [0.2, 0.25) is 0 Å². The van der Waals surface area contributed by atoms with E-state index in [9.17, 15) is 0 Å². The van der Waals surface area contributed by atoms with Crippen LogP contribution in [0.15, 0.2) is 191 Å². The Hall–Kier alpha value is -7.08. The second-order valence-corrected chi connectivity index (χ2v) is 21.7. The van der Waals surface area contributed by atoms with Crippen molar-refractivity contribution in [2.75, 3.05) is 9.80 Å². The molecule has 0 atom stereocenters. The first-order valence-corrected chi connectivity index (χ1v) is 23.8. The molecule has 0 saturated heterocycles. The van der Waals surface area contributed by atoms with Crippen molar-refractivity contribution in [3.8, 4) is 0 Å². The lowest BCUT2D eigenvalue weighted by Crippen LogP contribution is -2.40. The van der Waals surface area contributed by atoms with Gasteiger partial charge in [0, 0.05) is 55.7 Å². The molecular weight excluding hydrogens is 737 g/mol. The van der Waals surface area contributed by atoms with Gasteiger partial charge in [-0.15, -0.1) is 0 Å². The molecule has 59 heavy (non-hydrogen) atoms. The Labute approximate surface area is 344 Å². The topological polar surface area (TPSA) is 32.8 Å². The molecule has 11 rings (SSSR count). The third-order valence-corrected chi connectivity index (χ3v) is 13.9. The van der Waals surface area contributed by atoms with Gasteiger partial charge in [-0.1, -0.05) is 105 Å². The normalized spacial score (nSPS) is 12.1. The van der Waals surface area contributed by atoms with Gasteiger partial charge in [0.1, 0.15) is 11.2 Å². The highest BCUT2D eigenvalue weighted by Gasteiger charge is 2.25. The molecule has 0 amide bonds. The lowest BCUT2D eigenvalue weighted by molar-refractivity contribution is 0.634. The Bertz CT molecular complexity index is 3400. The fourth-order valence-corrected chi connectivity index (χ4v) is 10.5. The molecule has 0 aliphatic rings. The number of furan rings is 2. The minimum absolute atomic E-state index is 0.776. The average molecular weight is 779 g/mol. The summed E-state index contributed by atoms with van der Waals surface area (Å²) in [6.07, 6.45) is 0. The largest absolute Gasteiger partial charge is 0.452 e. The lowest BCUT2D eigenvalue weighted by atomic mass is 10.0. The van der Waals surface area contributed by atoms with Crippen LogP contribution in [0.4, 0.5) is 34.1 Å². The summed E-state index contributed by atoms with van der Waals surface area (Å²) in [4.78, 5) is 4.73. The van der Waals surface area contributed by atoms with Crippen molar-refractivity contribution in [2.45, 2.75) is 26.6 Å². The first-order chi connectivity index (χ1) is 28.8. The van der Waals surface area contributed by atoms with Gasteiger partial charge in [-0.05, 0) is 136 Å². The van der Waals surface area contributed by atoms with E-state index in [-0.39, 0.29) is 0 Å². The van der Waals surface area contributed by atoms with Crippen LogP contribution < -0.4 is 15.0 Å². The number of hydrogen-bond donors (Lipinski definition) is 0. The van der Waals surface area contributed by atoms with E-state index in [0.29, 0.717) is 0 Å². The molecular formula is C54H42N2O2Si. The van der Waals surface area contributed by atoms with E-state index in [1.165, 1.54) is 16.4 Å². The van der Waals surface area contributed by atoms with Crippen molar-refractivity contribution in [1.82, 2.24) is 0 Å². The zero-order chi connectivity index (χ0) is 39.8. The van der Waals surface area contributed by atoms with Gasteiger partial charge in [-0.3, -0.25) is 0 Å². The quantitative estimate of drug-likeness (QED) is 0.151. The predicted molar refractivity (Wildman–Crippen MR) is 253 cm³/mol. The van der Waals surface area contributed by atoms with E-state index in [2.05, 4.69) is 218 Å². The molecule has 0 bridgehead atoms. The smallest absolute Gasteiger partial charge is 0.178 e. The van der Waals surface area contributed by atoms with Crippen molar-refractivity contribution < 1.29 is 8.83 Å². The van der Waals surface area contributed by atoms with Gasteiger partial charge < -0.3 is 18.6 Å². The fraction of sp³-hybridized carbons (Fsp3) is 0.0741. The molecule has 0 aliphatic carbocycles. The van der Waals surface area contributed by atoms with E-state index in [0.717, 1.165) is 93.9 Å². The highest BCUT2D eigenvalue weighted by Crippen LogP contribution is 2.44. The van der Waals surface area contributed by atoms with Crippen LogP contribution in [0.3, 0.4) is 0 Å². The predicted octanol–water partition coefficient (Wildman–Crippen LogP) is 15.6. The minimum atomic E-state index is -1.67. The van der Waals surface area contributed by atoms with Crippen LogP contribution >= 0.6 is 0 Å². The SMILES string of the molecule is Cc1ccccc1N(c1ccccc1)c1ccc2cc3c(cc2c1)oc1c3ccc2c3cc4ccc(N(c5ccccc5)c5ccccc5[Si](C)(C)C)cc4cc3oc21. The summed E-state index contributed by atoms with van der Waals surface area (Å²) in [6.45, 7) is 9.41. The number of nitrogens with zero attached hydrogens (tertiary/aromatic N) is 2. The van der Waals surface area contributed by atoms with Crippen LogP contribution in [0.1, 0.15) is 5.56 Å². The van der Waals surface area contributed by atoms with Gasteiger partial charge in [0.15, 0.2) is 11.2 Å². The Morgan fingerprint density at radius 2 is 0.831 bits per heavy atom. The van der Waals surface area contributed by atoms with Crippen molar-refractivity contribution in [3.63, 3.8) is 0 Å². The number of benzene rings is 9. The van der Waals surface area contributed by atoms with Gasteiger partial charge in [0.05, 0.1) is 8.07 Å². The van der Waals surface area contributed by atoms with Gasteiger partial charge in [-0.25, -0.2) is 0 Å². The minimum Gasteiger partial charge on any atom is -0.452 e. The molecule has 9 aromatic carbocycles. The second kappa shape index (κ2) is 13.5. The molecule has 11 aromatic rings. The average Bonchev–Trinajstić information content (AvgIpc) is 3.81. The monoisotopic (exact) mass is 778 g/mol. The van der Waals surface area contributed by atoms with Crippen LogP contribution in [0.2, 0.25) is 19.6 Å². The zero-order valence-corrected chi connectivity index (χ0v) is 34.5. The summed E-state index contributed by atoms with van der Waals surface area (Å²) in [5, 5.41) is 10.3. The fourth-order valence-electron chi connectivity index (χ4n) is 8.93. The summed E-state index contributed by atoms with van der Waals surface area (Å²) in [5.41, 5.74) is 11.3. The number of anilines is 6. The summed E-state index contributed by atoms with van der Waals surface area (Å²) in [6, 6.07) is 65.4. The summed E-state index contributed by atoms with van der Waals surface area (Å²) < 4.78 is 13.6. The molecule has 0 spiro atoms. The summed E-state index contributed by atoms with van der Waals surface area (Å²) in [5.74, 6) is 0. The Balaban J connectivity index is 1.04. The van der Waals surface area contributed by atoms with Crippen molar-refractivity contribution in [1.29, 1.82) is 0 Å². The molecule has 0 aliphatic heterocycles. The standard InChI is InChI=1S/C54H42N2O2Si/c1-35-15-11-12-20-48(35)55(40-16-7-5-8-17-40)42-25-23-36-31-46-44-27-28-45-47-32-37-24-26-43(30-39(37)34-51(47)58-54(45)53(44)57-50(46)33-38(36)29-42)56(41-18-9-6-10-19-41)49-21-13-14-22-52(49)59(2,3)4/h5-34H,1-4H3. The van der Waals surface area contributed by atoms with Crippen LogP contribution in [0.25, 0.3) is 65.4 Å². The Kier molecular flexibility index (Phi) is 8.04. The summed E-state index contributed by atoms with van der Waals surface area (Å²) >= 11 is 0. The van der Waals surface area contributed by atoms with Crippen LogP contribution in [0.5, 0.6) is 0 Å². The molecule has 284 valence electrons. The van der Waals surface area contributed by atoms with Crippen molar-refractivity contribution in [3.05, 3.63) is 188 Å². The second-order valence-electron chi connectivity index (χ2n) is 16.7. The third kappa shape index (κ3) is 5.88. The first-order valence-electron chi connectivity index (χ1n) is 20.3. The molecule has 0 unspecified atom stereocenters. The van der Waals surface area contributed by atoms with Gasteiger partial charge >= 0.3 is 0 Å². The number of fused-ring (bicyclic) bond motifs is 9. The molecule has 0 N–H and O–H groups in total. The van der Waals surface area contributed by atoms with E-state index in [4.69, 9.17) is 8.83 Å². The maximum Gasteiger partial charge on any atom is 0.178 e. The lowest BCUT2D eigenvalue weighted by Gasteiger charge is -2.31. The molecule has 0 saturated carbocycles. The van der Waals surface area contributed by atoms with Crippen molar-refractivity contribution in [2.24, 2.45) is 0 Å².